The topological polar surface area (TPSA) is 70.2 Å². The van der Waals surface area contributed by atoms with E-state index in [9.17, 15) is 9.18 Å². The summed E-state index contributed by atoms with van der Waals surface area (Å²) < 4.78 is 13.1. The minimum atomic E-state index is -0.270. The maximum Gasteiger partial charge on any atom is 0.225 e. The molecule has 156 valence electrons. The molecule has 1 fully saturated rings. The molecule has 7 heteroatoms. The lowest BCUT2D eigenvalue weighted by Crippen LogP contribution is -2.37. The van der Waals surface area contributed by atoms with Gasteiger partial charge in [0.05, 0.1) is 6.04 Å². The molecule has 6 nitrogen and oxygen atoms in total. The van der Waals surface area contributed by atoms with Gasteiger partial charge in [-0.15, -0.1) is 0 Å². The van der Waals surface area contributed by atoms with Crippen molar-refractivity contribution in [2.45, 2.75) is 51.6 Å². The quantitative estimate of drug-likeness (QED) is 0.772. The van der Waals surface area contributed by atoms with Gasteiger partial charge in [0.25, 0.3) is 0 Å². The summed E-state index contributed by atoms with van der Waals surface area (Å²) in [5.74, 6) is 1.33. The minimum absolute atomic E-state index is 0.00622. The number of hydrogen-bond acceptors (Lipinski definition) is 5. The second-order valence-corrected chi connectivity index (χ2v) is 8.06. The number of carbonyl (C=O) groups is 1. The largest absolute Gasteiger partial charge is 0.363 e. The van der Waals surface area contributed by atoms with Crippen LogP contribution in [-0.4, -0.2) is 36.0 Å². The van der Waals surface area contributed by atoms with E-state index in [1.165, 1.54) is 12.1 Å². The SMILES string of the molecule is Cc1cc(N(C)C)nc(NC2CCC(C(=O)NC(C)c3ccc(F)cc3)CC2)n1. The lowest BCUT2D eigenvalue weighted by molar-refractivity contribution is -0.126. The number of nitrogens with zero attached hydrogens (tertiary/aromatic N) is 3. The third-order valence-corrected chi connectivity index (χ3v) is 5.46. The summed E-state index contributed by atoms with van der Waals surface area (Å²) >= 11 is 0. The van der Waals surface area contributed by atoms with Gasteiger partial charge in [-0.1, -0.05) is 12.1 Å². The van der Waals surface area contributed by atoms with E-state index < -0.39 is 0 Å². The second kappa shape index (κ2) is 9.20. The van der Waals surface area contributed by atoms with Gasteiger partial charge in [0.15, 0.2) is 0 Å². The molecule has 1 aliphatic carbocycles. The highest BCUT2D eigenvalue weighted by molar-refractivity contribution is 5.79. The predicted molar refractivity (Wildman–Crippen MR) is 113 cm³/mol. The average molecular weight is 400 g/mol. The van der Waals surface area contributed by atoms with Crippen LogP contribution in [0.1, 0.15) is 49.9 Å². The Bertz CT molecular complexity index is 832. The Balaban J connectivity index is 1.51. The first-order valence-electron chi connectivity index (χ1n) is 10.2. The monoisotopic (exact) mass is 399 g/mol. The Morgan fingerprint density at radius 2 is 1.79 bits per heavy atom. The highest BCUT2D eigenvalue weighted by Crippen LogP contribution is 2.27. The van der Waals surface area contributed by atoms with Crippen LogP contribution in [0.2, 0.25) is 0 Å². The number of benzene rings is 1. The molecule has 0 radical (unpaired) electrons. The van der Waals surface area contributed by atoms with Crippen molar-refractivity contribution in [1.82, 2.24) is 15.3 Å². The van der Waals surface area contributed by atoms with Crippen molar-refractivity contribution < 1.29 is 9.18 Å². The van der Waals surface area contributed by atoms with E-state index in [4.69, 9.17) is 0 Å². The van der Waals surface area contributed by atoms with Crippen LogP contribution in [-0.2, 0) is 4.79 Å². The number of aromatic nitrogens is 2. The van der Waals surface area contributed by atoms with Crippen LogP contribution >= 0.6 is 0 Å². The third-order valence-electron chi connectivity index (χ3n) is 5.46. The summed E-state index contributed by atoms with van der Waals surface area (Å²) in [6.07, 6.45) is 3.45. The molecule has 1 atom stereocenters. The second-order valence-electron chi connectivity index (χ2n) is 8.06. The number of carbonyl (C=O) groups excluding carboxylic acids is 1. The van der Waals surface area contributed by atoms with Crippen LogP contribution in [0.5, 0.6) is 0 Å². The van der Waals surface area contributed by atoms with Crippen molar-refractivity contribution in [3.8, 4) is 0 Å². The lowest BCUT2D eigenvalue weighted by Gasteiger charge is -2.29. The van der Waals surface area contributed by atoms with Crippen molar-refractivity contribution in [2.75, 3.05) is 24.3 Å². The Morgan fingerprint density at radius 3 is 2.41 bits per heavy atom. The summed E-state index contributed by atoms with van der Waals surface area (Å²) in [5.41, 5.74) is 1.83. The Hall–Kier alpha value is -2.70. The molecule has 0 bridgehead atoms. The number of rotatable bonds is 6. The molecule has 2 N–H and O–H groups in total. The zero-order chi connectivity index (χ0) is 21.0. The number of halogens is 1. The smallest absolute Gasteiger partial charge is 0.225 e. The van der Waals surface area contributed by atoms with Crippen molar-refractivity contribution >= 4 is 17.7 Å². The fourth-order valence-corrected chi connectivity index (χ4v) is 3.69. The highest BCUT2D eigenvalue weighted by Gasteiger charge is 2.27. The van der Waals surface area contributed by atoms with Gasteiger partial charge in [-0.25, -0.2) is 9.37 Å². The molecule has 1 unspecified atom stereocenters. The molecule has 29 heavy (non-hydrogen) atoms. The third kappa shape index (κ3) is 5.65. The van der Waals surface area contributed by atoms with E-state index in [0.717, 1.165) is 42.8 Å². The molecule has 1 heterocycles. The van der Waals surface area contributed by atoms with Crippen LogP contribution in [0.25, 0.3) is 0 Å². The number of aryl methyl sites for hydroxylation is 1. The summed E-state index contributed by atoms with van der Waals surface area (Å²) in [5, 5.41) is 6.50. The van der Waals surface area contributed by atoms with Gasteiger partial charge in [-0.3, -0.25) is 4.79 Å². The predicted octanol–water partition coefficient (Wildman–Crippen LogP) is 3.84. The lowest BCUT2D eigenvalue weighted by atomic mass is 9.85. The normalized spacial score (nSPS) is 20.0. The molecule has 0 spiro atoms. The van der Waals surface area contributed by atoms with Crippen molar-refractivity contribution in [3.63, 3.8) is 0 Å². The average Bonchev–Trinajstić information content (AvgIpc) is 2.68. The Kier molecular flexibility index (Phi) is 6.67. The Labute approximate surface area is 171 Å². The zero-order valence-corrected chi connectivity index (χ0v) is 17.6. The molecule has 2 aromatic rings. The van der Waals surface area contributed by atoms with Crippen LogP contribution in [0.4, 0.5) is 16.2 Å². The first-order chi connectivity index (χ1) is 13.8. The van der Waals surface area contributed by atoms with Crippen molar-refractivity contribution in [1.29, 1.82) is 0 Å². The fraction of sp³-hybridized carbons (Fsp3) is 0.500. The molecule has 0 saturated heterocycles. The highest BCUT2D eigenvalue weighted by atomic mass is 19.1. The van der Waals surface area contributed by atoms with E-state index >= 15 is 0 Å². The summed E-state index contributed by atoms with van der Waals surface area (Å²) in [6.45, 7) is 3.89. The van der Waals surface area contributed by atoms with Gasteiger partial charge < -0.3 is 15.5 Å². The first kappa shape index (κ1) is 21.0. The number of hydrogen-bond donors (Lipinski definition) is 2. The molecular weight excluding hydrogens is 369 g/mol. The van der Waals surface area contributed by atoms with Gasteiger partial charge in [0.2, 0.25) is 11.9 Å². The number of amides is 1. The molecular formula is C22H30FN5O. The van der Waals surface area contributed by atoms with Crippen LogP contribution in [0.3, 0.4) is 0 Å². The maximum atomic E-state index is 13.1. The van der Waals surface area contributed by atoms with E-state index in [0.29, 0.717) is 5.95 Å². The van der Waals surface area contributed by atoms with E-state index in [-0.39, 0.29) is 29.7 Å². The van der Waals surface area contributed by atoms with Gasteiger partial charge >= 0.3 is 0 Å². The van der Waals surface area contributed by atoms with Crippen LogP contribution in [0.15, 0.2) is 30.3 Å². The van der Waals surface area contributed by atoms with Gasteiger partial charge in [-0.2, -0.15) is 4.98 Å². The summed E-state index contributed by atoms with van der Waals surface area (Å²) in [7, 11) is 3.92. The standard InChI is InChI=1S/C22H30FN5O/c1-14-13-20(28(3)4)27-22(24-14)26-19-11-7-17(8-12-19)21(29)25-15(2)16-5-9-18(23)10-6-16/h5-6,9-10,13,15,17,19H,7-8,11-12H2,1-4H3,(H,25,29)(H,24,26,27). The first-order valence-corrected chi connectivity index (χ1v) is 10.2. The van der Waals surface area contributed by atoms with Gasteiger partial charge in [-0.05, 0) is 57.2 Å². The van der Waals surface area contributed by atoms with E-state index in [1.807, 2.05) is 38.9 Å². The van der Waals surface area contributed by atoms with Crippen LogP contribution < -0.4 is 15.5 Å². The zero-order valence-electron chi connectivity index (χ0n) is 17.6. The molecule has 1 aliphatic rings. The van der Waals surface area contributed by atoms with Crippen molar-refractivity contribution in [2.24, 2.45) is 5.92 Å². The number of anilines is 2. The maximum absolute atomic E-state index is 13.1. The van der Waals surface area contributed by atoms with Gasteiger partial charge in [0.1, 0.15) is 11.6 Å². The summed E-state index contributed by atoms with van der Waals surface area (Å²) in [4.78, 5) is 23.7. The molecule has 0 aliphatic heterocycles. The van der Waals surface area contributed by atoms with Crippen LogP contribution in [0, 0.1) is 18.7 Å². The van der Waals surface area contributed by atoms with E-state index in [2.05, 4.69) is 20.6 Å². The minimum Gasteiger partial charge on any atom is -0.363 e. The number of nitrogens with one attached hydrogen (secondary N) is 2. The summed E-state index contributed by atoms with van der Waals surface area (Å²) in [6, 6.07) is 8.35. The molecule has 1 aromatic heterocycles. The Morgan fingerprint density at radius 1 is 1.14 bits per heavy atom. The molecule has 1 amide bonds. The van der Waals surface area contributed by atoms with Gasteiger partial charge in [0, 0.05) is 37.8 Å². The molecule has 1 saturated carbocycles. The van der Waals surface area contributed by atoms with Crippen molar-refractivity contribution in [3.05, 3.63) is 47.4 Å². The fourth-order valence-electron chi connectivity index (χ4n) is 3.69. The molecule has 1 aromatic carbocycles. The van der Waals surface area contributed by atoms with E-state index in [1.54, 1.807) is 12.1 Å². The molecule has 3 rings (SSSR count).